The van der Waals surface area contributed by atoms with E-state index in [9.17, 15) is 19.7 Å². The van der Waals surface area contributed by atoms with Gasteiger partial charge in [-0.1, -0.05) is 23.8 Å². The van der Waals surface area contributed by atoms with Crippen LogP contribution in [0.5, 0.6) is 5.75 Å². The van der Waals surface area contributed by atoms with Gasteiger partial charge in [-0.2, -0.15) is 10.1 Å². The molecule has 2 aliphatic carbocycles. The van der Waals surface area contributed by atoms with Crippen molar-refractivity contribution < 1.29 is 19.2 Å². The van der Waals surface area contributed by atoms with Gasteiger partial charge < -0.3 is 4.74 Å². The van der Waals surface area contributed by atoms with Crippen LogP contribution in [0.4, 0.5) is 5.69 Å². The minimum absolute atomic E-state index is 0.00131. The van der Waals surface area contributed by atoms with Crippen LogP contribution in [0.3, 0.4) is 0 Å². The highest BCUT2D eigenvalue weighted by Gasteiger charge is 2.59. The Morgan fingerprint density at radius 2 is 1.75 bits per heavy atom. The number of nitro groups is 1. The Labute approximate surface area is 188 Å². The third kappa shape index (κ3) is 3.46. The van der Waals surface area contributed by atoms with E-state index in [0.29, 0.717) is 16.3 Å². The second kappa shape index (κ2) is 7.87. The molecule has 2 amide bonds. The minimum atomic E-state index is -0.463. The molecule has 32 heavy (non-hydrogen) atoms. The lowest BCUT2D eigenvalue weighted by Crippen LogP contribution is -2.28. The molecule has 9 heteroatoms. The largest absolute Gasteiger partial charge is 0.488 e. The number of benzene rings is 2. The lowest BCUT2D eigenvalue weighted by molar-refractivity contribution is -0.384. The summed E-state index contributed by atoms with van der Waals surface area (Å²) >= 11 is 6.12. The second-order valence-electron chi connectivity index (χ2n) is 8.13. The molecule has 2 aromatic rings. The number of non-ortho nitro benzene ring substituents is 1. The van der Waals surface area contributed by atoms with Crippen molar-refractivity contribution in [2.45, 2.75) is 13.0 Å². The van der Waals surface area contributed by atoms with Crippen LogP contribution in [0.2, 0.25) is 5.02 Å². The van der Waals surface area contributed by atoms with Crippen molar-refractivity contribution >= 4 is 35.3 Å². The Hall–Kier alpha value is -3.52. The number of amides is 2. The summed E-state index contributed by atoms with van der Waals surface area (Å²) in [6.45, 7) is 0.168. The van der Waals surface area contributed by atoms with Crippen LogP contribution in [0.1, 0.15) is 17.5 Å². The van der Waals surface area contributed by atoms with E-state index in [1.54, 1.807) is 30.3 Å². The molecule has 5 rings (SSSR count). The third-order valence-electron chi connectivity index (χ3n) is 6.27. The van der Waals surface area contributed by atoms with Gasteiger partial charge in [-0.3, -0.25) is 19.7 Å². The molecule has 1 saturated heterocycles. The molecule has 1 heterocycles. The van der Waals surface area contributed by atoms with Crippen LogP contribution < -0.4 is 4.74 Å². The SMILES string of the molecule is O=C1[C@@H]2[C@H](C(=O)N1N=Cc1cc(Cl)ccc1OCc1ccc([N+](=O)[O-])cc1)[C@H]1C=C[C@H]2C1. The van der Waals surface area contributed by atoms with Gasteiger partial charge in [-0.05, 0) is 54.2 Å². The number of hydrogen-bond acceptors (Lipinski definition) is 6. The number of allylic oxidation sites excluding steroid dienone is 2. The van der Waals surface area contributed by atoms with Gasteiger partial charge in [-0.15, -0.1) is 0 Å². The average Bonchev–Trinajstić information content (AvgIpc) is 3.46. The normalized spacial score (nSPS) is 25.7. The topological polar surface area (TPSA) is 102 Å². The smallest absolute Gasteiger partial charge is 0.269 e. The van der Waals surface area contributed by atoms with Crippen LogP contribution in [0, 0.1) is 33.8 Å². The van der Waals surface area contributed by atoms with E-state index < -0.39 is 4.92 Å². The number of fused-ring (bicyclic) bond motifs is 5. The molecule has 3 aliphatic rings. The fourth-order valence-corrected chi connectivity index (χ4v) is 4.93. The highest BCUT2D eigenvalue weighted by Crippen LogP contribution is 2.52. The summed E-state index contributed by atoms with van der Waals surface area (Å²) in [5, 5.41) is 16.4. The number of nitrogens with zero attached hydrogens (tertiary/aromatic N) is 3. The fraction of sp³-hybridized carbons (Fsp3) is 0.261. The minimum Gasteiger partial charge on any atom is -0.488 e. The standard InChI is InChI=1S/C23H18ClN3O5/c24-17-5-8-19(32-12-13-1-6-18(7-2-13)27(30)31)16(10-17)11-25-26-22(28)20-14-3-4-15(9-14)21(20)23(26)29/h1-8,10-11,14-15,20-21H,9,12H2/t14-,15-,20-,21+/m0/s1. The molecule has 4 atom stereocenters. The van der Waals surface area contributed by atoms with E-state index in [1.807, 2.05) is 12.2 Å². The van der Waals surface area contributed by atoms with Crippen LogP contribution >= 0.6 is 11.6 Å². The molecule has 1 aliphatic heterocycles. The summed E-state index contributed by atoms with van der Waals surface area (Å²) in [4.78, 5) is 35.9. The first-order valence-electron chi connectivity index (χ1n) is 10.2. The van der Waals surface area contributed by atoms with Crippen molar-refractivity contribution in [1.29, 1.82) is 0 Å². The first-order chi connectivity index (χ1) is 15.4. The number of hydrogen-bond donors (Lipinski definition) is 0. The Bertz CT molecular complexity index is 1150. The van der Waals surface area contributed by atoms with E-state index in [0.717, 1.165) is 17.0 Å². The summed E-state index contributed by atoms with van der Waals surface area (Å²) < 4.78 is 5.85. The van der Waals surface area contributed by atoms with Gasteiger partial charge in [0.1, 0.15) is 12.4 Å². The van der Waals surface area contributed by atoms with Gasteiger partial charge in [0.15, 0.2) is 0 Å². The lowest BCUT2D eigenvalue weighted by Gasteiger charge is -2.13. The molecule has 0 aromatic heterocycles. The highest BCUT2D eigenvalue weighted by atomic mass is 35.5. The maximum atomic E-state index is 12.8. The van der Waals surface area contributed by atoms with Crippen molar-refractivity contribution in [3.8, 4) is 5.75 Å². The number of imide groups is 1. The number of halogens is 1. The zero-order valence-corrected chi connectivity index (χ0v) is 17.5. The number of rotatable bonds is 6. The number of carbonyl (C=O) groups is 2. The number of nitro benzene ring substituents is 1. The monoisotopic (exact) mass is 451 g/mol. The van der Waals surface area contributed by atoms with Gasteiger partial charge in [0.2, 0.25) is 0 Å². The summed E-state index contributed by atoms with van der Waals surface area (Å²) in [7, 11) is 0. The molecule has 8 nitrogen and oxygen atoms in total. The predicted octanol–water partition coefficient (Wildman–Crippen LogP) is 3.97. The molecular weight excluding hydrogens is 434 g/mol. The van der Waals surface area contributed by atoms with E-state index in [-0.39, 0.29) is 47.8 Å². The zero-order valence-electron chi connectivity index (χ0n) is 16.8. The zero-order chi connectivity index (χ0) is 22.4. The second-order valence-corrected chi connectivity index (χ2v) is 8.56. The quantitative estimate of drug-likeness (QED) is 0.217. The molecule has 162 valence electrons. The van der Waals surface area contributed by atoms with Crippen molar-refractivity contribution in [3.05, 3.63) is 80.9 Å². The fourth-order valence-electron chi connectivity index (χ4n) is 4.75. The Kier molecular flexibility index (Phi) is 5.01. The molecule has 0 unspecified atom stereocenters. The van der Waals surface area contributed by atoms with E-state index >= 15 is 0 Å². The molecule has 1 saturated carbocycles. The van der Waals surface area contributed by atoms with Gasteiger partial charge >= 0.3 is 0 Å². The maximum absolute atomic E-state index is 12.8. The Balaban J connectivity index is 1.32. The number of ether oxygens (including phenoxy) is 1. The molecule has 0 spiro atoms. The average molecular weight is 452 g/mol. The Morgan fingerprint density at radius 1 is 1.09 bits per heavy atom. The maximum Gasteiger partial charge on any atom is 0.269 e. The molecule has 2 fully saturated rings. The number of carbonyl (C=O) groups excluding carboxylic acids is 2. The third-order valence-corrected chi connectivity index (χ3v) is 6.51. The van der Waals surface area contributed by atoms with Crippen LogP contribution in [-0.2, 0) is 16.2 Å². The van der Waals surface area contributed by atoms with Crippen molar-refractivity contribution in [3.63, 3.8) is 0 Å². The van der Waals surface area contributed by atoms with Crippen molar-refractivity contribution in [2.75, 3.05) is 0 Å². The van der Waals surface area contributed by atoms with Crippen LogP contribution in [0.25, 0.3) is 0 Å². The van der Waals surface area contributed by atoms with Gasteiger partial charge in [0.25, 0.3) is 17.5 Å². The molecular formula is C23H18ClN3O5. The Morgan fingerprint density at radius 3 is 2.38 bits per heavy atom. The molecule has 2 aromatic carbocycles. The summed E-state index contributed by atoms with van der Waals surface area (Å²) in [6, 6.07) is 11.0. The summed E-state index contributed by atoms with van der Waals surface area (Å²) in [5.41, 5.74) is 1.26. The van der Waals surface area contributed by atoms with E-state index in [1.165, 1.54) is 18.3 Å². The van der Waals surface area contributed by atoms with Gasteiger partial charge in [0, 0.05) is 22.7 Å². The first-order valence-corrected chi connectivity index (χ1v) is 10.6. The predicted molar refractivity (Wildman–Crippen MR) is 116 cm³/mol. The van der Waals surface area contributed by atoms with E-state index in [4.69, 9.17) is 16.3 Å². The highest BCUT2D eigenvalue weighted by molar-refractivity contribution is 6.31. The lowest BCUT2D eigenvalue weighted by atomic mass is 9.85. The van der Waals surface area contributed by atoms with Gasteiger partial charge in [-0.25, -0.2) is 0 Å². The summed E-state index contributed by atoms with van der Waals surface area (Å²) in [5.74, 6) is -0.454. The van der Waals surface area contributed by atoms with E-state index in [2.05, 4.69) is 5.10 Å². The van der Waals surface area contributed by atoms with Crippen molar-refractivity contribution in [1.82, 2.24) is 5.01 Å². The summed E-state index contributed by atoms with van der Waals surface area (Å²) in [6.07, 6.45) is 6.33. The molecule has 0 radical (unpaired) electrons. The van der Waals surface area contributed by atoms with Crippen LogP contribution in [-0.4, -0.2) is 28.0 Å². The van der Waals surface area contributed by atoms with Crippen LogP contribution in [0.15, 0.2) is 59.7 Å². The van der Waals surface area contributed by atoms with Crippen molar-refractivity contribution in [2.24, 2.45) is 28.8 Å². The first kappa shape index (κ1) is 20.4. The molecule has 0 N–H and O–H groups in total. The molecule has 2 bridgehead atoms. The number of hydrazone groups is 1. The van der Waals surface area contributed by atoms with Gasteiger partial charge in [0.05, 0.1) is 23.0 Å².